The number of amides is 2. The molecule has 0 spiro atoms. The van der Waals surface area contributed by atoms with Gasteiger partial charge in [0.15, 0.2) is 0 Å². The predicted molar refractivity (Wildman–Crippen MR) is 84.0 cm³/mol. The summed E-state index contributed by atoms with van der Waals surface area (Å²) in [7, 11) is 0. The maximum Gasteiger partial charge on any atom is 0.267 e. The number of rotatable bonds is 1. The summed E-state index contributed by atoms with van der Waals surface area (Å²) in [6.45, 7) is 0. The predicted octanol–water partition coefficient (Wildman–Crippen LogP) is 5.24. The molecule has 0 aliphatic carbocycles. The molecule has 2 amide bonds. The number of nitrogens with zero attached hydrogens (tertiary/aromatic N) is 1. The quantitative estimate of drug-likeness (QED) is 0.386. The summed E-state index contributed by atoms with van der Waals surface area (Å²) in [5, 5.41) is -0.654. The molecular weight excluding hydrogens is 375 g/mol. The third-order valence-corrected chi connectivity index (χ3v) is 5.00. The van der Waals surface area contributed by atoms with Gasteiger partial charge in [0, 0.05) is 0 Å². The first-order chi connectivity index (χ1) is 10.4. The summed E-state index contributed by atoms with van der Waals surface area (Å²) in [5.74, 6) is -2.35. The van der Waals surface area contributed by atoms with Gasteiger partial charge in [-0.2, -0.15) is 0 Å². The fourth-order valence-electron chi connectivity index (χ4n) is 2.20. The molecule has 1 heterocycles. The molecule has 0 radical (unpaired) electrons. The van der Waals surface area contributed by atoms with Crippen molar-refractivity contribution in [1.82, 2.24) is 0 Å². The fourth-order valence-corrected chi connectivity index (χ4v) is 3.22. The third kappa shape index (κ3) is 2.02. The van der Waals surface area contributed by atoms with Crippen molar-refractivity contribution in [2.45, 2.75) is 0 Å². The van der Waals surface area contributed by atoms with Crippen LogP contribution in [-0.4, -0.2) is 11.8 Å². The number of hydrogen-bond acceptors (Lipinski definition) is 2. The smallest absolute Gasteiger partial charge is 0.267 e. The summed E-state index contributed by atoms with van der Waals surface area (Å²) < 4.78 is 13.9. The Bertz CT molecular complexity index is 806. The van der Waals surface area contributed by atoms with Crippen LogP contribution in [0.3, 0.4) is 0 Å². The van der Waals surface area contributed by atoms with Crippen LogP contribution in [0.15, 0.2) is 24.3 Å². The van der Waals surface area contributed by atoms with Crippen molar-refractivity contribution >= 4 is 63.9 Å². The number of carbonyl (C=O) groups is 2. The first-order valence-electron chi connectivity index (χ1n) is 5.85. The van der Waals surface area contributed by atoms with E-state index in [0.717, 1.165) is 6.07 Å². The van der Waals surface area contributed by atoms with E-state index in [4.69, 9.17) is 46.4 Å². The van der Waals surface area contributed by atoms with Gasteiger partial charge >= 0.3 is 0 Å². The van der Waals surface area contributed by atoms with E-state index < -0.39 is 17.6 Å². The first-order valence-corrected chi connectivity index (χ1v) is 7.36. The molecule has 0 aromatic heterocycles. The third-order valence-electron chi connectivity index (χ3n) is 3.19. The molecule has 8 heteroatoms. The molecule has 0 unspecified atom stereocenters. The van der Waals surface area contributed by atoms with Crippen molar-refractivity contribution in [3.05, 3.63) is 61.3 Å². The molecule has 0 N–H and O–H groups in total. The number of carbonyl (C=O) groups excluding carboxylic acids is 2. The Hall–Kier alpha value is -1.33. The van der Waals surface area contributed by atoms with E-state index in [-0.39, 0.29) is 36.9 Å². The number of para-hydroxylation sites is 1. The molecule has 0 bridgehead atoms. The van der Waals surface area contributed by atoms with E-state index in [1.807, 2.05) is 0 Å². The van der Waals surface area contributed by atoms with E-state index in [2.05, 4.69) is 0 Å². The van der Waals surface area contributed by atoms with Crippen LogP contribution in [0, 0.1) is 5.82 Å². The van der Waals surface area contributed by atoms with Crippen LogP contribution in [-0.2, 0) is 0 Å². The highest BCUT2D eigenvalue weighted by Crippen LogP contribution is 2.45. The van der Waals surface area contributed by atoms with Crippen LogP contribution in [0.5, 0.6) is 0 Å². The molecule has 2 aromatic carbocycles. The monoisotopic (exact) mass is 377 g/mol. The van der Waals surface area contributed by atoms with Crippen LogP contribution in [0.4, 0.5) is 10.1 Å². The van der Waals surface area contributed by atoms with Crippen LogP contribution in [0.25, 0.3) is 0 Å². The first kappa shape index (κ1) is 15.6. The summed E-state index contributed by atoms with van der Waals surface area (Å²) in [6, 6.07) is 5.35. The van der Waals surface area contributed by atoms with Crippen molar-refractivity contribution in [2.24, 2.45) is 0 Å². The van der Waals surface area contributed by atoms with Gasteiger partial charge in [0.1, 0.15) is 5.82 Å². The van der Waals surface area contributed by atoms with E-state index in [1.54, 1.807) is 0 Å². The normalized spacial score (nSPS) is 13.8. The van der Waals surface area contributed by atoms with Crippen LogP contribution in [0.1, 0.15) is 20.7 Å². The zero-order valence-electron chi connectivity index (χ0n) is 10.5. The Labute approximate surface area is 144 Å². The Kier molecular flexibility index (Phi) is 3.81. The van der Waals surface area contributed by atoms with Crippen molar-refractivity contribution < 1.29 is 14.0 Å². The second-order valence-electron chi connectivity index (χ2n) is 4.40. The van der Waals surface area contributed by atoms with Crippen molar-refractivity contribution in [3.63, 3.8) is 0 Å². The number of benzene rings is 2. The lowest BCUT2D eigenvalue weighted by molar-refractivity contribution is 0.0925. The highest BCUT2D eigenvalue weighted by molar-refractivity contribution is 6.56. The Morgan fingerprint density at radius 2 is 1.23 bits per heavy atom. The second-order valence-corrected chi connectivity index (χ2v) is 5.91. The van der Waals surface area contributed by atoms with Crippen molar-refractivity contribution in [2.75, 3.05) is 4.90 Å². The molecule has 0 saturated carbocycles. The summed E-state index contributed by atoms with van der Waals surface area (Å²) in [6.07, 6.45) is 0. The molecule has 1 aliphatic rings. The SMILES string of the molecule is O=C1c2c(Cl)c(Cl)c(Cl)c(Cl)c2C(=O)N1c1ccccc1F. The number of anilines is 1. The van der Waals surface area contributed by atoms with Crippen LogP contribution >= 0.6 is 46.4 Å². The van der Waals surface area contributed by atoms with E-state index in [1.165, 1.54) is 18.2 Å². The van der Waals surface area contributed by atoms with Gasteiger partial charge in [0.25, 0.3) is 11.8 Å². The lowest BCUT2D eigenvalue weighted by Gasteiger charge is -2.14. The van der Waals surface area contributed by atoms with Gasteiger partial charge in [-0.1, -0.05) is 58.5 Å². The average Bonchev–Trinajstić information content (AvgIpc) is 2.75. The van der Waals surface area contributed by atoms with Gasteiger partial charge in [-0.15, -0.1) is 0 Å². The minimum atomic E-state index is -0.810. The molecule has 2 aromatic rings. The largest absolute Gasteiger partial charge is 0.268 e. The van der Waals surface area contributed by atoms with Crippen LogP contribution < -0.4 is 4.90 Å². The molecule has 0 saturated heterocycles. The number of hydrogen-bond donors (Lipinski definition) is 0. The molecule has 112 valence electrons. The lowest BCUT2D eigenvalue weighted by Crippen LogP contribution is -2.30. The maximum atomic E-state index is 13.9. The van der Waals surface area contributed by atoms with E-state index in [9.17, 15) is 14.0 Å². The fraction of sp³-hybridized carbons (Fsp3) is 0. The molecule has 3 rings (SSSR count). The summed E-state index contributed by atoms with van der Waals surface area (Å²) >= 11 is 23.8. The Morgan fingerprint density at radius 1 is 0.773 bits per heavy atom. The van der Waals surface area contributed by atoms with E-state index >= 15 is 0 Å². The van der Waals surface area contributed by atoms with Gasteiger partial charge in [-0.3, -0.25) is 9.59 Å². The Balaban J connectivity index is 2.29. The zero-order chi connectivity index (χ0) is 16.2. The Morgan fingerprint density at radius 3 is 1.68 bits per heavy atom. The highest BCUT2D eigenvalue weighted by Gasteiger charge is 2.43. The molecule has 0 atom stereocenters. The molecular formula is C14H4Cl4FNO2. The summed E-state index contributed by atoms with van der Waals surface area (Å²) in [4.78, 5) is 25.6. The standard InChI is InChI=1S/C14H4Cl4FNO2/c15-9-7-8(10(16)12(18)11(9)17)14(22)20(13(7)21)6-4-2-1-3-5(6)19/h1-4H. The lowest BCUT2D eigenvalue weighted by atomic mass is 10.1. The van der Waals surface area contributed by atoms with Gasteiger partial charge in [0.2, 0.25) is 0 Å². The second kappa shape index (κ2) is 5.39. The van der Waals surface area contributed by atoms with Crippen molar-refractivity contribution in [1.29, 1.82) is 0 Å². The zero-order valence-corrected chi connectivity index (χ0v) is 13.5. The number of halogens is 5. The van der Waals surface area contributed by atoms with Gasteiger partial charge in [0.05, 0.1) is 36.9 Å². The maximum absolute atomic E-state index is 13.9. The highest BCUT2D eigenvalue weighted by atomic mass is 35.5. The molecule has 1 aliphatic heterocycles. The molecule has 22 heavy (non-hydrogen) atoms. The number of imide groups is 1. The van der Waals surface area contributed by atoms with Gasteiger partial charge < -0.3 is 0 Å². The van der Waals surface area contributed by atoms with Crippen LogP contribution in [0.2, 0.25) is 20.1 Å². The van der Waals surface area contributed by atoms with Gasteiger partial charge in [-0.05, 0) is 12.1 Å². The minimum absolute atomic E-state index is 0.136. The van der Waals surface area contributed by atoms with Gasteiger partial charge in [-0.25, -0.2) is 9.29 Å². The minimum Gasteiger partial charge on any atom is -0.268 e. The molecule has 0 fully saturated rings. The van der Waals surface area contributed by atoms with E-state index in [0.29, 0.717) is 4.90 Å². The average molecular weight is 379 g/mol. The molecule has 3 nitrogen and oxygen atoms in total. The topological polar surface area (TPSA) is 37.4 Å². The number of fused-ring (bicyclic) bond motifs is 1. The van der Waals surface area contributed by atoms with Crippen molar-refractivity contribution in [3.8, 4) is 0 Å². The summed E-state index contributed by atoms with van der Waals surface area (Å²) in [5.41, 5.74) is -0.572.